The number of ether oxygens (including phenoxy) is 2. The number of halogens is 1. The van der Waals surface area contributed by atoms with Gasteiger partial charge in [0.05, 0.1) is 13.2 Å². The summed E-state index contributed by atoms with van der Waals surface area (Å²) in [5.41, 5.74) is 5.82. The number of pyridine rings is 1. The number of hydrogen-bond acceptors (Lipinski definition) is 4. The van der Waals surface area contributed by atoms with Crippen molar-refractivity contribution in [3.63, 3.8) is 0 Å². The van der Waals surface area contributed by atoms with Gasteiger partial charge in [-0.2, -0.15) is 0 Å². The van der Waals surface area contributed by atoms with Crippen LogP contribution in [0.15, 0.2) is 12.3 Å². The van der Waals surface area contributed by atoms with Crippen LogP contribution in [0.3, 0.4) is 0 Å². The molecule has 1 aromatic heterocycles. The van der Waals surface area contributed by atoms with E-state index in [0.29, 0.717) is 24.7 Å². The van der Waals surface area contributed by atoms with Crippen molar-refractivity contribution in [2.24, 2.45) is 5.73 Å². The van der Waals surface area contributed by atoms with Gasteiger partial charge in [-0.3, -0.25) is 5.41 Å². The molecule has 0 radical (unpaired) electrons. The average Bonchev–Trinajstić information content (AvgIpc) is 2.73. The maximum Gasteiger partial charge on any atom is 0.233 e. The number of amidine groups is 1. The van der Waals surface area contributed by atoms with Crippen molar-refractivity contribution in [2.75, 3.05) is 13.2 Å². The lowest BCUT2D eigenvalue weighted by atomic mass is 10.2. The first-order valence-electron chi connectivity index (χ1n) is 4.92. The van der Waals surface area contributed by atoms with E-state index in [1.807, 2.05) is 0 Å². The average molecular weight is 242 g/mol. The highest BCUT2D eigenvalue weighted by atomic mass is 35.5. The zero-order valence-electron chi connectivity index (χ0n) is 8.57. The third-order valence-corrected chi connectivity index (χ3v) is 2.68. The van der Waals surface area contributed by atoms with Crippen molar-refractivity contribution in [1.82, 2.24) is 4.98 Å². The van der Waals surface area contributed by atoms with Gasteiger partial charge >= 0.3 is 0 Å². The summed E-state index contributed by atoms with van der Waals surface area (Å²) < 4.78 is 10.8. The Morgan fingerprint density at radius 2 is 2.50 bits per heavy atom. The van der Waals surface area contributed by atoms with Gasteiger partial charge in [0.2, 0.25) is 5.88 Å². The highest BCUT2D eigenvalue weighted by Crippen LogP contribution is 2.27. The van der Waals surface area contributed by atoms with Crippen LogP contribution in [0.5, 0.6) is 5.88 Å². The summed E-state index contributed by atoms with van der Waals surface area (Å²) in [5.74, 6) is 0.213. The SMILES string of the molecule is N=C(N)c1ccnc(OC2CCOC2)c1Cl. The molecule has 1 aliphatic heterocycles. The molecule has 1 atom stereocenters. The maximum absolute atomic E-state index is 7.34. The molecule has 1 saturated heterocycles. The van der Waals surface area contributed by atoms with E-state index in [0.717, 1.165) is 6.42 Å². The minimum atomic E-state index is -0.0973. The molecule has 1 aromatic rings. The Morgan fingerprint density at radius 3 is 3.12 bits per heavy atom. The highest BCUT2D eigenvalue weighted by Gasteiger charge is 2.20. The molecule has 6 heteroatoms. The monoisotopic (exact) mass is 241 g/mol. The zero-order chi connectivity index (χ0) is 11.5. The lowest BCUT2D eigenvalue weighted by Gasteiger charge is -2.13. The molecular weight excluding hydrogens is 230 g/mol. The van der Waals surface area contributed by atoms with Gasteiger partial charge in [0.25, 0.3) is 0 Å². The number of nitrogen functional groups attached to an aromatic ring is 1. The Morgan fingerprint density at radius 1 is 1.69 bits per heavy atom. The number of nitrogens with one attached hydrogen (secondary N) is 1. The van der Waals surface area contributed by atoms with Gasteiger partial charge in [-0.1, -0.05) is 11.6 Å². The van der Waals surface area contributed by atoms with Gasteiger partial charge in [-0.05, 0) is 6.07 Å². The molecule has 2 heterocycles. The number of aromatic nitrogens is 1. The van der Waals surface area contributed by atoms with Gasteiger partial charge in [0.1, 0.15) is 17.0 Å². The molecule has 1 fully saturated rings. The Kier molecular flexibility index (Phi) is 3.26. The van der Waals surface area contributed by atoms with Crippen molar-refractivity contribution in [2.45, 2.75) is 12.5 Å². The number of hydrogen-bond donors (Lipinski definition) is 2. The molecule has 1 unspecified atom stereocenters. The Bertz CT molecular complexity index is 405. The van der Waals surface area contributed by atoms with E-state index < -0.39 is 0 Å². The van der Waals surface area contributed by atoms with Gasteiger partial charge in [0.15, 0.2) is 0 Å². The molecule has 0 aromatic carbocycles. The van der Waals surface area contributed by atoms with Crippen LogP contribution in [0.2, 0.25) is 5.02 Å². The van der Waals surface area contributed by atoms with E-state index in [-0.39, 0.29) is 17.0 Å². The molecular formula is C10H12ClN3O2. The van der Waals surface area contributed by atoms with Crippen LogP contribution in [0.25, 0.3) is 0 Å². The minimum absolute atomic E-state index is 0.0211. The van der Waals surface area contributed by atoms with E-state index in [1.165, 1.54) is 6.20 Å². The second-order valence-electron chi connectivity index (χ2n) is 3.49. The largest absolute Gasteiger partial charge is 0.471 e. The van der Waals surface area contributed by atoms with Crippen molar-refractivity contribution in [3.8, 4) is 5.88 Å². The minimum Gasteiger partial charge on any atom is -0.471 e. The Hall–Kier alpha value is -1.33. The fourth-order valence-corrected chi connectivity index (χ4v) is 1.74. The molecule has 3 N–H and O–H groups in total. The number of rotatable bonds is 3. The summed E-state index contributed by atoms with van der Waals surface area (Å²) in [6.07, 6.45) is 2.32. The Labute approximate surface area is 98.0 Å². The fourth-order valence-electron chi connectivity index (χ4n) is 1.48. The number of nitrogens with two attached hydrogens (primary N) is 1. The molecule has 0 aliphatic carbocycles. The highest BCUT2D eigenvalue weighted by molar-refractivity contribution is 6.35. The molecule has 0 amide bonds. The van der Waals surface area contributed by atoms with Gasteiger partial charge < -0.3 is 15.2 Å². The predicted molar refractivity (Wildman–Crippen MR) is 60.1 cm³/mol. The van der Waals surface area contributed by atoms with Crippen LogP contribution in [0.4, 0.5) is 0 Å². The maximum atomic E-state index is 7.34. The second kappa shape index (κ2) is 4.67. The smallest absolute Gasteiger partial charge is 0.233 e. The molecule has 0 spiro atoms. The molecule has 0 bridgehead atoms. The van der Waals surface area contributed by atoms with Crippen molar-refractivity contribution in [3.05, 3.63) is 22.8 Å². The summed E-state index contributed by atoms with van der Waals surface area (Å²) in [4.78, 5) is 4.02. The van der Waals surface area contributed by atoms with Crippen LogP contribution in [-0.4, -0.2) is 30.1 Å². The first-order chi connectivity index (χ1) is 7.68. The quantitative estimate of drug-likeness (QED) is 0.615. The van der Waals surface area contributed by atoms with E-state index in [9.17, 15) is 0 Å². The molecule has 0 saturated carbocycles. The van der Waals surface area contributed by atoms with E-state index in [2.05, 4.69) is 4.98 Å². The second-order valence-corrected chi connectivity index (χ2v) is 3.87. The van der Waals surface area contributed by atoms with Crippen LogP contribution < -0.4 is 10.5 Å². The van der Waals surface area contributed by atoms with E-state index in [1.54, 1.807) is 6.07 Å². The van der Waals surface area contributed by atoms with E-state index in [4.69, 9.17) is 32.2 Å². The Balaban J connectivity index is 2.20. The molecule has 2 rings (SSSR count). The summed E-state index contributed by atoms with van der Waals surface area (Å²) in [6, 6.07) is 1.59. The van der Waals surface area contributed by atoms with Crippen molar-refractivity contribution >= 4 is 17.4 Å². The number of nitrogens with zero attached hydrogens (tertiary/aromatic N) is 1. The van der Waals surface area contributed by atoms with Crippen LogP contribution in [-0.2, 0) is 4.74 Å². The summed E-state index contributed by atoms with van der Waals surface area (Å²) in [5, 5.41) is 7.62. The summed E-state index contributed by atoms with van der Waals surface area (Å²) >= 11 is 6.03. The van der Waals surface area contributed by atoms with Crippen LogP contribution >= 0.6 is 11.6 Å². The summed E-state index contributed by atoms with van der Waals surface area (Å²) in [6.45, 7) is 1.23. The van der Waals surface area contributed by atoms with Gasteiger partial charge in [0, 0.05) is 18.2 Å². The normalized spacial score (nSPS) is 19.7. The standard InChI is InChI=1S/C10H12ClN3O2/c11-8-7(9(12)13)1-3-14-10(8)16-6-2-4-15-5-6/h1,3,6H,2,4-5H2,(H3,12,13). The predicted octanol–water partition coefficient (Wildman–Crippen LogP) is 1.19. The van der Waals surface area contributed by atoms with Gasteiger partial charge in [-0.15, -0.1) is 0 Å². The van der Waals surface area contributed by atoms with Crippen LogP contribution in [0.1, 0.15) is 12.0 Å². The lowest BCUT2D eigenvalue weighted by molar-refractivity contribution is 0.138. The van der Waals surface area contributed by atoms with Crippen LogP contribution in [0, 0.1) is 5.41 Å². The topological polar surface area (TPSA) is 81.2 Å². The van der Waals surface area contributed by atoms with Crippen molar-refractivity contribution in [1.29, 1.82) is 5.41 Å². The first kappa shape index (κ1) is 11.2. The molecule has 16 heavy (non-hydrogen) atoms. The molecule has 5 nitrogen and oxygen atoms in total. The van der Waals surface area contributed by atoms with E-state index >= 15 is 0 Å². The first-order valence-corrected chi connectivity index (χ1v) is 5.29. The molecule has 1 aliphatic rings. The lowest BCUT2D eigenvalue weighted by Crippen LogP contribution is -2.18. The molecule has 86 valence electrons. The zero-order valence-corrected chi connectivity index (χ0v) is 9.33. The van der Waals surface area contributed by atoms with Crippen molar-refractivity contribution < 1.29 is 9.47 Å². The third kappa shape index (κ3) is 2.25. The summed E-state index contributed by atoms with van der Waals surface area (Å²) in [7, 11) is 0. The third-order valence-electron chi connectivity index (χ3n) is 2.31. The fraction of sp³-hybridized carbons (Fsp3) is 0.400. The van der Waals surface area contributed by atoms with Gasteiger partial charge in [-0.25, -0.2) is 4.98 Å².